The number of carbonyl (C=O) groups is 3. The summed E-state index contributed by atoms with van der Waals surface area (Å²) >= 11 is 1.55. The number of nitrogens with one attached hydrogen (secondary N) is 2. The molecule has 1 aromatic rings. The minimum atomic E-state index is -0.956. The molecule has 1 aromatic heterocycles. The van der Waals surface area contributed by atoms with Crippen molar-refractivity contribution in [1.29, 1.82) is 0 Å². The molecule has 3 amide bonds. The number of thiophene rings is 1. The lowest BCUT2D eigenvalue weighted by Crippen LogP contribution is -2.60. The second-order valence-corrected chi connectivity index (χ2v) is 8.08. The molecule has 1 saturated carbocycles. The van der Waals surface area contributed by atoms with Crippen molar-refractivity contribution in [2.45, 2.75) is 71.0 Å². The fraction of sp³-hybridized carbons (Fsp3) is 0.632. The Morgan fingerprint density at radius 3 is 2.54 bits per heavy atom. The molecule has 7 heteroatoms. The van der Waals surface area contributed by atoms with Crippen molar-refractivity contribution in [2.75, 3.05) is 6.54 Å². The average molecular weight is 380 g/mol. The van der Waals surface area contributed by atoms with Crippen molar-refractivity contribution in [3.63, 3.8) is 0 Å². The first-order valence-corrected chi connectivity index (χ1v) is 10.1. The lowest BCUT2D eigenvalue weighted by molar-refractivity contribution is -0.148. The quantitative estimate of drug-likeness (QED) is 0.728. The van der Waals surface area contributed by atoms with Gasteiger partial charge in [0.05, 0.1) is 13.1 Å². The highest BCUT2D eigenvalue weighted by atomic mass is 32.1. The number of nitrogens with zero attached hydrogens (tertiary/aromatic N) is 1. The first-order valence-electron chi connectivity index (χ1n) is 9.25. The summed E-state index contributed by atoms with van der Waals surface area (Å²) in [6.45, 7) is 5.37. The molecule has 0 aliphatic heterocycles. The third-order valence-electron chi connectivity index (χ3n) is 5.15. The highest BCUT2D eigenvalue weighted by Crippen LogP contribution is 2.26. The van der Waals surface area contributed by atoms with Crippen LogP contribution in [0.3, 0.4) is 0 Å². The van der Waals surface area contributed by atoms with E-state index < -0.39 is 5.54 Å². The first-order chi connectivity index (χ1) is 12.4. The van der Waals surface area contributed by atoms with Crippen molar-refractivity contribution in [3.05, 3.63) is 22.4 Å². The van der Waals surface area contributed by atoms with Gasteiger partial charge in [-0.2, -0.15) is 0 Å². The summed E-state index contributed by atoms with van der Waals surface area (Å²) in [5.74, 6) is -0.623. The molecule has 0 saturated heterocycles. The number of carbonyl (C=O) groups excluding carboxylic acids is 3. The number of rotatable bonds is 8. The molecule has 1 heterocycles. The van der Waals surface area contributed by atoms with Crippen LogP contribution in [0.5, 0.6) is 0 Å². The van der Waals surface area contributed by atoms with Crippen LogP contribution in [0.15, 0.2) is 17.5 Å². The lowest BCUT2D eigenvalue weighted by Gasteiger charge is -2.40. The second kappa shape index (κ2) is 9.16. The maximum atomic E-state index is 13.1. The SMILES string of the molecule is CC[C@@](C)(C(=O)NC1CCCC1)N(Cc1cccs1)C(=O)CNC(C)=O. The minimum Gasteiger partial charge on any atom is -0.351 e. The Morgan fingerprint density at radius 2 is 2.00 bits per heavy atom. The van der Waals surface area contributed by atoms with Crippen molar-refractivity contribution in [3.8, 4) is 0 Å². The van der Waals surface area contributed by atoms with Gasteiger partial charge in [-0.1, -0.05) is 25.8 Å². The predicted octanol–water partition coefficient (Wildman–Crippen LogP) is 2.44. The van der Waals surface area contributed by atoms with Gasteiger partial charge in [0.15, 0.2) is 0 Å². The van der Waals surface area contributed by atoms with Crippen molar-refractivity contribution < 1.29 is 14.4 Å². The Labute approximate surface area is 159 Å². The van der Waals surface area contributed by atoms with E-state index in [2.05, 4.69) is 10.6 Å². The van der Waals surface area contributed by atoms with Gasteiger partial charge in [0.1, 0.15) is 5.54 Å². The standard InChI is InChI=1S/C19H29N3O3S/c1-4-19(3,18(25)21-15-8-5-6-9-15)22(13-16-10-7-11-26-16)17(24)12-20-14(2)23/h7,10-11,15H,4-6,8-9,12-13H2,1-3H3,(H,20,23)(H,21,25)/t19-/m0/s1. The Hall–Kier alpha value is -1.89. The molecule has 0 unspecified atom stereocenters. The lowest BCUT2D eigenvalue weighted by atomic mass is 9.93. The smallest absolute Gasteiger partial charge is 0.245 e. The van der Waals surface area contributed by atoms with E-state index in [1.165, 1.54) is 6.92 Å². The number of amides is 3. The Balaban J connectivity index is 2.21. The molecule has 0 bridgehead atoms. The molecule has 0 spiro atoms. The maximum absolute atomic E-state index is 13.1. The summed E-state index contributed by atoms with van der Waals surface area (Å²) in [5, 5.41) is 7.64. The summed E-state index contributed by atoms with van der Waals surface area (Å²) in [6, 6.07) is 4.08. The normalized spacial score (nSPS) is 16.7. The van der Waals surface area contributed by atoms with Crippen LogP contribution in [0.25, 0.3) is 0 Å². The summed E-state index contributed by atoms with van der Waals surface area (Å²) in [5.41, 5.74) is -0.956. The Kier molecular flexibility index (Phi) is 7.20. The van der Waals surface area contributed by atoms with Gasteiger partial charge in [-0.25, -0.2) is 0 Å². The van der Waals surface area contributed by atoms with Crippen LogP contribution >= 0.6 is 11.3 Å². The summed E-state index contributed by atoms with van der Waals surface area (Å²) in [7, 11) is 0. The molecule has 144 valence electrons. The van der Waals surface area contributed by atoms with E-state index in [-0.39, 0.29) is 30.3 Å². The molecule has 6 nitrogen and oxygen atoms in total. The molecule has 0 aromatic carbocycles. The topological polar surface area (TPSA) is 78.5 Å². The highest BCUT2D eigenvalue weighted by molar-refractivity contribution is 7.09. The van der Waals surface area contributed by atoms with Crippen LogP contribution in [-0.4, -0.2) is 40.7 Å². The molecule has 2 rings (SSSR count). The van der Waals surface area contributed by atoms with Crippen LogP contribution in [0.4, 0.5) is 0 Å². The molecular formula is C19H29N3O3S. The van der Waals surface area contributed by atoms with Crippen molar-refractivity contribution in [2.24, 2.45) is 0 Å². The summed E-state index contributed by atoms with van der Waals surface area (Å²) in [4.78, 5) is 39.8. The molecule has 1 aliphatic rings. The van der Waals surface area contributed by atoms with Gasteiger partial charge in [0.25, 0.3) is 0 Å². The third kappa shape index (κ3) is 5.06. The average Bonchev–Trinajstić information content (AvgIpc) is 3.30. The molecule has 1 aliphatic carbocycles. The van der Waals surface area contributed by atoms with Crippen LogP contribution in [0, 0.1) is 0 Å². The van der Waals surface area contributed by atoms with Crippen LogP contribution < -0.4 is 10.6 Å². The van der Waals surface area contributed by atoms with Crippen LogP contribution in [0.1, 0.15) is 57.8 Å². The van der Waals surface area contributed by atoms with E-state index in [1.807, 2.05) is 31.4 Å². The molecular weight excluding hydrogens is 350 g/mol. The van der Waals surface area contributed by atoms with E-state index in [0.29, 0.717) is 13.0 Å². The highest BCUT2D eigenvalue weighted by Gasteiger charge is 2.41. The molecule has 1 fully saturated rings. The third-order valence-corrected chi connectivity index (χ3v) is 6.01. The van der Waals surface area contributed by atoms with Gasteiger partial charge in [-0.05, 0) is 37.6 Å². The molecule has 26 heavy (non-hydrogen) atoms. The van der Waals surface area contributed by atoms with Crippen LogP contribution in [0.2, 0.25) is 0 Å². The second-order valence-electron chi connectivity index (χ2n) is 7.05. The van der Waals surface area contributed by atoms with Gasteiger partial charge >= 0.3 is 0 Å². The zero-order valence-electron chi connectivity index (χ0n) is 15.8. The monoisotopic (exact) mass is 379 g/mol. The largest absolute Gasteiger partial charge is 0.351 e. The fourth-order valence-electron chi connectivity index (χ4n) is 3.28. The number of hydrogen-bond acceptors (Lipinski definition) is 4. The molecule has 0 radical (unpaired) electrons. The van der Waals surface area contributed by atoms with Crippen LogP contribution in [-0.2, 0) is 20.9 Å². The van der Waals surface area contributed by atoms with Gasteiger partial charge < -0.3 is 15.5 Å². The van der Waals surface area contributed by atoms with Gasteiger partial charge in [-0.3, -0.25) is 14.4 Å². The Bertz CT molecular complexity index is 626. The van der Waals surface area contributed by atoms with E-state index in [9.17, 15) is 14.4 Å². The predicted molar refractivity (Wildman–Crippen MR) is 103 cm³/mol. The van der Waals surface area contributed by atoms with E-state index in [1.54, 1.807) is 16.2 Å². The van der Waals surface area contributed by atoms with E-state index in [0.717, 1.165) is 30.6 Å². The van der Waals surface area contributed by atoms with Crippen molar-refractivity contribution in [1.82, 2.24) is 15.5 Å². The summed E-state index contributed by atoms with van der Waals surface area (Å²) < 4.78 is 0. The van der Waals surface area contributed by atoms with Gasteiger partial charge in [0.2, 0.25) is 17.7 Å². The minimum absolute atomic E-state index is 0.104. The number of hydrogen-bond donors (Lipinski definition) is 2. The zero-order chi connectivity index (χ0) is 19.2. The van der Waals surface area contributed by atoms with Crippen molar-refractivity contribution >= 4 is 29.1 Å². The zero-order valence-corrected chi connectivity index (χ0v) is 16.7. The fourth-order valence-corrected chi connectivity index (χ4v) is 3.97. The maximum Gasteiger partial charge on any atom is 0.245 e. The van der Waals surface area contributed by atoms with Gasteiger partial charge in [-0.15, -0.1) is 11.3 Å². The molecule has 1 atom stereocenters. The van der Waals surface area contributed by atoms with Gasteiger partial charge in [0, 0.05) is 17.8 Å². The summed E-state index contributed by atoms with van der Waals surface area (Å²) in [6.07, 6.45) is 4.76. The Morgan fingerprint density at radius 1 is 1.31 bits per heavy atom. The molecule has 2 N–H and O–H groups in total. The van der Waals surface area contributed by atoms with E-state index in [4.69, 9.17) is 0 Å². The first kappa shape index (κ1) is 20.4. The van der Waals surface area contributed by atoms with E-state index >= 15 is 0 Å².